The third kappa shape index (κ3) is 4.44. The van der Waals surface area contributed by atoms with Crippen molar-refractivity contribution in [3.05, 3.63) is 23.8 Å². The first-order valence-corrected chi connectivity index (χ1v) is 9.94. The van der Waals surface area contributed by atoms with E-state index < -0.39 is 0 Å². The SMILES string of the molecule is CCOC(=O)COc1cc2c(c(NSI)c1)NC(C)C=C2. The second-order valence-corrected chi connectivity index (χ2v) is 6.18. The van der Waals surface area contributed by atoms with Crippen LogP contribution in [-0.2, 0) is 9.53 Å². The molecule has 0 aliphatic carbocycles. The molecule has 0 spiro atoms. The number of fused-ring (bicyclic) bond motifs is 1. The maximum Gasteiger partial charge on any atom is 0.344 e. The largest absolute Gasteiger partial charge is 0.482 e. The lowest BCUT2D eigenvalue weighted by atomic mass is 10.0. The standard InChI is InChI=1S/C14H17IN2O3S/c1-3-19-13(18)8-20-11-6-10-5-4-9(2)16-14(10)12(7-11)17-21-15/h4-7,9,16-17H,3,8H2,1-2H3. The molecule has 0 radical (unpaired) electrons. The summed E-state index contributed by atoms with van der Waals surface area (Å²) >= 11 is 2.17. The van der Waals surface area contributed by atoms with Crippen LogP contribution in [0.5, 0.6) is 5.75 Å². The van der Waals surface area contributed by atoms with E-state index in [0.717, 1.165) is 16.9 Å². The third-order valence-electron chi connectivity index (χ3n) is 2.89. The van der Waals surface area contributed by atoms with E-state index >= 15 is 0 Å². The Labute approximate surface area is 140 Å². The van der Waals surface area contributed by atoms with Gasteiger partial charge < -0.3 is 19.5 Å². The van der Waals surface area contributed by atoms with Crippen molar-refractivity contribution < 1.29 is 14.3 Å². The molecule has 2 rings (SSSR count). The Kier molecular flexibility index (Phi) is 6.04. The summed E-state index contributed by atoms with van der Waals surface area (Å²) in [6, 6.07) is 4.07. The Bertz CT molecular complexity index is 551. The van der Waals surface area contributed by atoms with Gasteiger partial charge in [-0.1, -0.05) is 12.2 Å². The molecule has 1 aliphatic rings. The fraction of sp³-hybridized carbons (Fsp3) is 0.357. The quantitative estimate of drug-likeness (QED) is 0.414. The molecule has 1 heterocycles. The van der Waals surface area contributed by atoms with Gasteiger partial charge in [0.05, 0.1) is 18.0 Å². The zero-order chi connectivity index (χ0) is 15.2. The summed E-state index contributed by atoms with van der Waals surface area (Å²) < 4.78 is 13.6. The van der Waals surface area contributed by atoms with Crippen molar-refractivity contribution in [2.45, 2.75) is 19.9 Å². The third-order valence-corrected chi connectivity index (χ3v) is 3.85. The van der Waals surface area contributed by atoms with Crippen LogP contribution in [0, 0.1) is 0 Å². The van der Waals surface area contributed by atoms with Gasteiger partial charge in [0.25, 0.3) is 0 Å². The topological polar surface area (TPSA) is 59.6 Å². The van der Waals surface area contributed by atoms with Gasteiger partial charge in [0.1, 0.15) is 5.75 Å². The van der Waals surface area contributed by atoms with Crippen molar-refractivity contribution in [2.75, 3.05) is 23.3 Å². The fourth-order valence-corrected chi connectivity index (χ4v) is 2.96. The van der Waals surface area contributed by atoms with Gasteiger partial charge in [-0.15, -0.1) is 0 Å². The lowest BCUT2D eigenvalue weighted by Crippen LogP contribution is -2.18. The predicted molar refractivity (Wildman–Crippen MR) is 95.9 cm³/mol. The number of halogens is 1. The van der Waals surface area contributed by atoms with Gasteiger partial charge in [0.2, 0.25) is 0 Å². The predicted octanol–water partition coefficient (Wildman–Crippen LogP) is 3.87. The number of anilines is 2. The zero-order valence-electron chi connectivity index (χ0n) is 11.8. The molecular formula is C14H17IN2O3S. The number of benzene rings is 1. The van der Waals surface area contributed by atoms with Crippen molar-refractivity contribution in [1.29, 1.82) is 0 Å². The lowest BCUT2D eigenvalue weighted by molar-refractivity contribution is -0.145. The number of esters is 1. The van der Waals surface area contributed by atoms with Gasteiger partial charge in [-0.2, -0.15) is 0 Å². The molecule has 0 bridgehead atoms. The van der Waals surface area contributed by atoms with E-state index in [9.17, 15) is 4.79 Å². The normalized spacial score (nSPS) is 15.9. The highest BCUT2D eigenvalue weighted by Crippen LogP contribution is 2.37. The van der Waals surface area contributed by atoms with Gasteiger partial charge >= 0.3 is 5.97 Å². The second-order valence-electron chi connectivity index (χ2n) is 4.50. The van der Waals surface area contributed by atoms with Crippen molar-refractivity contribution >= 4 is 53.7 Å². The molecule has 0 saturated heterocycles. The highest BCUT2D eigenvalue weighted by atomic mass is 127. The molecule has 0 fully saturated rings. The number of ether oxygens (including phenoxy) is 2. The number of hydrogen-bond donors (Lipinski definition) is 2. The van der Waals surface area contributed by atoms with Crippen LogP contribution in [0.3, 0.4) is 0 Å². The molecule has 0 saturated carbocycles. The zero-order valence-corrected chi connectivity index (χ0v) is 14.8. The van der Waals surface area contributed by atoms with E-state index in [1.54, 1.807) is 6.92 Å². The number of carbonyl (C=O) groups is 1. The van der Waals surface area contributed by atoms with Crippen molar-refractivity contribution in [3.63, 3.8) is 0 Å². The smallest absolute Gasteiger partial charge is 0.344 e. The van der Waals surface area contributed by atoms with E-state index in [0.29, 0.717) is 12.4 Å². The van der Waals surface area contributed by atoms with Crippen molar-refractivity contribution in [1.82, 2.24) is 0 Å². The molecule has 21 heavy (non-hydrogen) atoms. The summed E-state index contributed by atoms with van der Waals surface area (Å²) in [6.07, 6.45) is 4.13. The minimum Gasteiger partial charge on any atom is -0.482 e. The van der Waals surface area contributed by atoms with Crippen LogP contribution in [0.25, 0.3) is 6.08 Å². The van der Waals surface area contributed by atoms with Gasteiger partial charge in [-0.3, -0.25) is 0 Å². The first-order chi connectivity index (χ1) is 10.1. The van der Waals surface area contributed by atoms with Crippen LogP contribution in [-0.4, -0.2) is 25.2 Å². The average molecular weight is 420 g/mol. The average Bonchev–Trinajstić information content (AvgIpc) is 2.46. The lowest BCUT2D eigenvalue weighted by Gasteiger charge is -2.23. The van der Waals surface area contributed by atoms with E-state index in [1.165, 1.54) is 9.12 Å². The summed E-state index contributed by atoms with van der Waals surface area (Å²) in [7, 11) is 1.48. The molecule has 0 amide bonds. The fourth-order valence-electron chi connectivity index (χ4n) is 2.00. The van der Waals surface area contributed by atoms with Crippen LogP contribution in [0.2, 0.25) is 0 Å². The number of carbonyl (C=O) groups excluding carboxylic acids is 1. The van der Waals surface area contributed by atoms with Crippen LogP contribution in [0.4, 0.5) is 11.4 Å². The molecule has 5 nitrogen and oxygen atoms in total. The van der Waals surface area contributed by atoms with Crippen molar-refractivity contribution in [3.8, 4) is 5.75 Å². The highest BCUT2D eigenvalue weighted by molar-refractivity contribution is 14.2. The van der Waals surface area contributed by atoms with E-state index in [-0.39, 0.29) is 18.6 Å². The van der Waals surface area contributed by atoms with Gasteiger partial charge in [-0.25, -0.2) is 4.79 Å². The molecular weight excluding hydrogens is 403 g/mol. The number of hydrogen-bond acceptors (Lipinski definition) is 6. The molecule has 7 heteroatoms. The molecule has 1 aromatic carbocycles. The maximum atomic E-state index is 11.4. The van der Waals surface area contributed by atoms with Crippen LogP contribution >= 0.6 is 30.3 Å². The molecule has 1 aliphatic heterocycles. The first kappa shape index (κ1) is 16.3. The maximum absolute atomic E-state index is 11.4. The molecule has 1 atom stereocenters. The van der Waals surface area contributed by atoms with E-state index in [1.807, 2.05) is 12.1 Å². The van der Waals surface area contributed by atoms with Crippen LogP contribution in [0.15, 0.2) is 18.2 Å². The number of nitrogens with one attached hydrogen (secondary N) is 2. The molecule has 1 aromatic rings. The molecule has 114 valence electrons. The molecule has 0 aromatic heterocycles. The van der Waals surface area contributed by atoms with Crippen molar-refractivity contribution in [2.24, 2.45) is 0 Å². The summed E-state index contributed by atoms with van der Waals surface area (Å²) in [5, 5.41) is 3.41. The molecule has 2 N–H and O–H groups in total. The van der Waals surface area contributed by atoms with Gasteiger partial charge in [0.15, 0.2) is 6.61 Å². The summed E-state index contributed by atoms with van der Waals surface area (Å²) in [6.45, 7) is 4.13. The highest BCUT2D eigenvalue weighted by Gasteiger charge is 2.16. The van der Waals surface area contributed by atoms with E-state index in [2.05, 4.69) is 50.3 Å². The number of rotatable bonds is 6. The Morgan fingerprint density at radius 3 is 3.05 bits per heavy atom. The Balaban J connectivity index is 2.19. The monoisotopic (exact) mass is 420 g/mol. The van der Waals surface area contributed by atoms with Crippen LogP contribution in [0.1, 0.15) is 19.4 Å². The first-order valence-electron chi connectivity index (χ1n) is 6.58. The Hall–Kier alpha value is -1.09. The van der Waals surface area contributed by atoms with Crippen LogP contribution < -0.4 is 14.8 Å². The molecule has 1 unspecified atom stereocenters. The van der Waals surface area contributed by atoms with Gasteiger partial charge in [0, 0.05) is 48.0 Å². The minimum absolute atomic E-state index is 0.0863. The summed E-state index contributed by atoms with van der Waals surface area (Å²) in [5.41, 5.74) is 3.00. The second kappa shape index (κ2) is 7.79. The summed E-state index contributed by atoms with van der Waals surface area (Å²) in [4.78, 5) is 11.4. The Morgan fingerprint density at radius 2 is 2.33 bits per heavy atom. The van der Waals surface area contributed by atoms with E-state index in [4.69, 9.17) is 9.47 Å². The Morgan fingerprint density at radius 1 is 1.52 bits per heavy atom. The minimum atomic E-state index is -0.365. The van der Waals surface area contributed by atoms with Gasteiger partial charge in [-0.05, 0) is 19.9 Å². The summed E-state index contributed by atoms with van der Waals surface area (Å²) in [5.74, 6) is 0.269.